The number of carbonyl (C=O) groups is 2. The Labute approximate surface area is 215 Å². The van der Waals surface area contributed by atoms with E-state index in [1.165, 1.54) is 6.92 Å². The minimum Gasteiger partial charge on any atom is -0.384 e. The van der Waals surface area contributed by atoms with Gasteiger partial charge < -0.3 is 14.7 Å². The zero-order chi connectivity index (χ0) is 25.6. The summed E-state index contributed by atoms with van der Waals surface area (Å²) in [5.74, 6) is 0.601. The maximum atomic E-state index is 13.7. The zero-order valence-corrected chi connectivity index (χ0v) is 20.8. The largest absolute Gasteiger partial charge is 0.384 e. The highest BCUT2D eigenvalue weighted by Crippen LogP contribution is 2.36. The molecule has 2 aromatic carbocycles. The summed E-state index contributed by atoms with van der Waals surface area (Å²) >= 11 is 0. The van der Waals surface area contributed by atoms with Crippen LogP contribution in [0.15, 0.2) is 65.8 Å². The van der Waals surface area contributed by atoms with Gasteiger partial charge in [0, 0.05) is 68.8 Å². The molecule has 1 aromatic heterocycles. The van der Waals surface area contributed by atoms with E-state index in [0.717, 1.165) is 27.6 Å². The van der Waals surface area contributed by atoms with Crippen LogP contribution in [-0.2, 0) is 14.3 Å². The number of amidine groups is 1. The highest BCUT2D eigenvalue weighted by molar-refractivity contribution is 6.15. The molecule has 1 atom stereocenters. The molecule has 1 spiro atoms. The predicted octanol–water partition coefficient (Wildman–Crippen LogP) is 2.88. The molecule has 8 heteroatoms. The van der Waals surface area contributed by atoms with E-state index in [1.54, 1.807) is 11.1 Å². The maximum absolute atomic E-state index is 13.7. The second kappa shape index (κ2) is 9.36. The fourth-order valence-electron chi connectivity index (χ4n) is 5.53. The summed E-state index contributed by atoms with van der Waals surface area (Å²) in [5.41, 5.74) is 3.23. The van der Waals surface area contributed by atoms with Crippen molar-refractivity contribution in [3.8, 4) is 11.1 Å². The first-order chi connectivity index (χ1) is 17.9. The van der Waals surface area contributed by atoms with Crippen LogP contribution < -0.4 is 0 Å². The van der Waals surface area contributed by atoms with Crippen LogP contribution in [0, 0.1) is 5.92 Å². The zero-order valence-electron chi connectivity index (χ0n) is 20.8. The molecule has 3 aliphatic rings. The molecule has 2 fully saturated rings. The summed E-state index contributed by atoms with van der Waals surface area (Å²) in [4.78, 5) is 38.7. The van der Waals surface area contributed by atoms with Gasteiger partial charge in [-0.2, -0.15) is 0 Å². The van der Waals surface area contributed by atoms with Crippen LogP contribution in [0.5, 0.6) is 0 Å². The van der Waals surface area contributed by atoms with Gasteiger partial charge in [0.1, 0.15) is 17.5 Å². The first kappa shape index (κ1) is 23.8. The number of rotatable bonds is 5. The quantitative estimate of drug-likeness (QED) is 0.584. The van der Waals surface area contributed by atoms with E-state index in [2.05, 4.69) is 35.3 Å². The van der Waals surface area contributed by atoms with Gasteiger partial charge >= 0.3 is 0 Å². The maximum Gasteiger partial charge on any atom is 0.256 e. The van der Waals surface area contributed by atoms with Gasteiger partial charge in [0.05, 0.1) is 5.52 Å². The molecule has 1 N–H and O–H groups in total. The van der Waals surface area contributed by atoms with Crippen LogP contribution in [0.3, 0.4) is 0 Å². The molecule has 2 amide bonds. The minimum atomic E-state index is -1.01. The number of benzene rings is 2. The number of fused-ring (bicyclic) bond motifs is 1. The number of nitrogens with zero attached hydrogens (tertiary/aromatic N) is 4. The van der Waals surface area contributed by atoms with E-state index < -0.39 is 11.6 Å². The lowest BCUT2D eigenvalue weighted by atomic mass is 9.90. The van der Waals surface area contributed by atoms with Crippen molar-refractivity contribution in [3.05, 3.63) is 66.4 Å². The van der Waals surface area contributed by atoms with Gasteiger partial charge in [0.25, 0.3) is 11.8 Å². The van der Waals surface area contributed by atoms with Gasteiger partial charge in [-0.25, -0.2) is 0 Å². The summed E-state index contributed by atoms with van der Waals surface area (Å²) in [7, 11) is 0. The van der Waals surface area contributed by atoms with Crippen molar-refractivity contribution in [3.63, 3.8) is 0 Å². The molecule has 0 bridgehead atoms. The highest BCUT2D eigenvalue weighted by Gasteiger charge is 2.50. The second-order valence-corrected chi connectivity index (χ2v) is 10.3. The predicted molar refractivity (Wildman–Crippen MR) is 140 cm³/mol. The van der Waals surface area contributed by atoms with E-state index in [9.17, 15) is 14.7 Å². The summed E-state index contributed by atoms with van der Waals surface area (Å²) in [6.45, 7) is 4.09. The molecule has 4 heterocycles. The fourth-order valence-corrected chi connectivity index (χ4v) is 5.53. The lowest BCUT2D eigenvalue weighted by Gasteiger charge is -2.42. The molecule has 190 valence electrons. The Morgan fingerprint density at radius 1 is 1.08 bits per heavy atom. The normalized spacial score (nSPS) is 20.3. The van der Waals surface area contributed by atoms with Crippen LogP contribution in [-0.4, -0.2) is 82.0 Å². The van der Waals surface area contributed by atoms with Gasteiger partial charge in [-0.15, -0.1) is 0 Å². The average Bonchev–Trinajstić information content (AvgIpc) is 3.16. The Bertz CT molecular complexity index is 1370. The molecule has 2 saturated heterocycles. The molecule has 3 aliphatic heterocycles. The first-order valence-electron chi connectivity index (χ1n) is 12.9. The number of aliphatic hydroxyl groups excluding tert-OH is 1. The Kier molecular flexibility index (Phi) is 6.01. The molecule has 6 rings (SSSR count). The average molecular weight is 499 g/mol. The number of ether oxygens (including phenoxy) is 1. The smallest absolute Gasteiger partial charge is 0.256 e. The third-order valence-corrected chi connectivity index (χ3v) is 7.69. The van der Waals surface area contributed by atoms with Crippen molar-refractivity contribution < 1.29 is 19.4 Å². The monoisotopic (exact) mass is 498 g/mol. The van der Waals surface area contributed by atoms with E-state index >= 15 is 0 Å². The number of amides is 2. The van der Waals surface area contributed by atoms with E-state index in [4.69, 9.17) is 9.73 Å². The SMILES string of the molecule is CC(O)C(=O)N1CC(CN2C(=O)C3(CCOCC3)N=C2c2ccc(-c3ccc4cccnc4c3)cc2)C1. The van der Waals surface area contributed by atoms with Crippen molar-refractivity contribution >= 4 is 28.6 Å². The summed E-state index contributed by atoms with van der Waals surface area (Å²) < 4.78 is 5.54. The van der Waals surface area contributed by atoms with Gasteiger partial charge in [0.2, 0.25) is 0 Å². The number of aliphatic hydroxyl groups is 1. The molecule has 0 saturated carbocycles. The molecule has 0 aliphatic carbocycles. The number of pyridine rings is 1. The molecular weight excluding hydrogens is 468 g/mol. The van der Waals surface area contributed by atoms with Crippen molar-refractivity contribution in [2.45, 2.75) is 31.4 Å². The molecule has 3 aromatic rings. The minimum absolute atomic E-state index is 0.0239. The van der Waals surface area contributed by atoms with E-state index in [0.29, 0.717) is 51.5 Å². The number of likely N-dealkylation sites (tertiary alicyclic amines) is 1. The van der Waals surface area contributed by atoms with Crippen LogP contribution >= 0.6 is 0 Å². The number of carbonyl (C=O) groups excluding carboxylic acids is 2. The standard InChI is InChI=1S/C29H30N4O4/c1-19(34)27(35)32-16-20(17-32)18-33-26(31-29(28(33)36)10-13-37-14-11-29)23-7-4-21(5-8-23)24-9-6-22-3-2-12-30-25(22)15-24/h2-9,12,15,19-20,34H,10-11,13-14,16-18H2,1H3. The van der Waals surface area contributed by atoms with Crippen LogP contribution in [0.4, 0.5) is 0 Å². The summed E-state index contributed by atoms with van der Waals surface area (Å²) in [6, 6.07) is 18.4. The second-order valence-electron chi connectivity index (χ2n) is 10.3. The van der Waals surface area contributed by atoms with Crippen LogP contribution in [0.25, 0.3) is 22.0 Å². The Balaban J connectivity index is 1.26. The van der Waals surface area contributed by atoms with Gasteiger partial charge in [-0.3, -0.25) is 24.5 Å². The van der Waals surface area contributed by atoms with Crippen LogP contribution in [0.2, 0.25) is 0 Å². The molecule has 0 radical (unpaired) electrons. The Hall–Kier alpha value is -3.62. The van der Waals surface area contributed by atoms with Crippen molar-refractivity contribution in [1.29, 1.82) is 0 Å². The lowest BCUT2D eigenvalue weighted by Crippen LogP contribution is -2.57. The van der Waals surface area contributed by atoms with Gasteiger partial charge in [-0.05, 0) is 30.2 Å². The van der Waals surface area contributed by atoms with Crippen LogP contribution in [0.1, 0.15) is 25.3 Å². The summed E-state index contributed by atoms with van der Waals surface area (Å²) in [5, 5.41) is 10.7. The highest BCUT2D eigenvalue weighted by atomic mass is 16.5. The fraction of sp³-hybridized carbons (Fsp3) is 0.379. The number of aromatic nitrogens is 1. The van der Waals surface area contributed by atoms with Crippen molar-refractivity contribution in [1.82, 2.24) is 14.8 Å². The first-order valence-corrected chi connectivity index (χ1v) is 12.9. The topological polar surface area (TPSA) is 95.3 Å². The molecular formula is C29H30N4O4. The van der Waals surface area contributed by atoms with Crippen molar-refractivity contribution in [2.24, 2.45) is 10.9 Å². The third-order valence-electron chi connectivity index (χ3n) is 7.69. The number of hydrogen-bond acceptors (Lipinski definition) is 6. The Morgan fingerprint density at radius 3 is 2.51 bits per heavy atom. The van der Waals surface area contributed by atoms with E-state index in [-0.39, 0.29) is 17.7 Å². The molecule has 37 heavy (non-hydrogen) atoms. The lowest BCUT2D eigenvalue weighted by molar-refractivity contribution is -0.146. The van der Waals surface area contributed by atoms with Gasteiger partial charge in [0.15, 0.2) is 0 Å². The van der Waals surface area contributed by atoms with Crippen molar-refractivity contribution in [2.75, 3.05) is 32.8 Å². The number of aliphatic imine (C=N–C) groups is 1. The van der Waals surface area contributed by atoms with Gasteiger partial charge in [-0.1, -0.05) is 42.5 Å². The third kappa shape index (κ3) is 4.30. The molecule has 1 unspecified atom stereocenters. The summed E-state index contributed by atoms with van der Waals surface area (Å²) in [6.07, 6.45) is 1.94. The number of hydrogen-bond donors (Lipinski definition) is 1. The molecule has 8 nitrogen and oxygen atoms in total. The van der Waals surface area contributed by atoms with E-state index in [1.807, 2.05) is 29.2 Å². The Morgan fingerprint density at radius 2 is 1.78 bits per heavy atom.